The number of hydrogen-bond donors (Lipinski definition) is 1. The molecule has 1 aromatic carbocycles. The van der Waals surface area contributed by atoms with Gasteiger partial charge in [-0.25, -0.2) is 8.78 Å². The highest BCUT2D eigenvalue weighted by Crippen LogP contribution is 2.11. The Labute approximate surface area is 92.8 Å². The van der Waals surface area contributed by atoms with Gasteiger partial charge in [0, 0.05) is 19.2 Å². The van der Waals surface area contributed by atoms with Gasteiger partial charge in [0.15, 0.2) is 0 Å². The fourth-order valence-electron chi connectivity index (χ4n) is 1.35. The third kappa shape index (κ3) is 3.00. The Balaban J connectivity index is 2.80. The molecule has 16 heavy (non-hydrogen) atoms. The lowest BCUT2D eigenvalue weighted by molar-refractivity contribution is -0.131. The number of nitrogens with two attached hydrogens (primary N) is 1. The second kappa shape index (κ2) is 5.03. The van der Waals surface area contributed by atoms with Crippen molar-refractivity contribution in [2.24, 2.45) is 5.73 Å². The van der Waals surface area contributed by atoms with Crippen LogP contribution < -0.4 is 5.73 Å². The predicted octanol–water partition coefficient (Wildman–Crippen LogP) is 1.27. The molecule has 1 rings (SSSR count). The fraction of sp³-hybridized carbons (Fsp3) is 0.364. The monoisotopic (exact) mass is 228 g/mol. The van der Waals surface area contributed by atoms with Crippen LogP contribution in [0.5, 0.6) is 0 Å². The van der Waals surface area contributed by atoms with Gasteiger partial charge < -0.3 is 10.6 Å². The summed E-state index contributed by atoms with van der Waals surface area (Å²) in [4.78, 5) is 12.7. The van der Waals surface area contributed by atoms with Crippen LogP contribution in [0.3, 0.4) is 0 Å². The second-order valence-corrected chi connectivity index (χ2v) is 3.72. The lowest BCUT2D eigenvalue weighted by Crippen LogP contribution is -2.39. The first-order valence-corrected chi connectivity index (χ1v) is 4.86. The second-order valence-electron chi connectivity index (χ2n) is 3.72. The van der Waals surface area contributed by atoms with Crippen LogP contribution in [0, 0.1) is 11.6 Å². The molecule has 0 saturated heterocycles. The van der Waals surface area contributed by atoms with Gasteiger partial charge in [-0.3, -0.25) is 4.79 Å². The number of likely N-dealkylation sites (N-methyl/N-ethyl adjacent to an activating group) is 1. The topological polar surface area (TPSA) is 46.3 Å². The van der Waals surface area contributed by atoms with Crippen molar-refractivity contribution in [2.75, 3.05) is 7.05 Å². The first kappa shape index (κ1) is 12.6. The summed E-state index contributed by atoms with van der Waals surface area (Å²) in [6.07, 6.45) is 0. The van der Waals surface area contributed by atoms with Crippen molar-refractivity contribution in [2.45, 2.75) is 19.5 Å². The van der Waals surface area contributed by atoms with Crippen LogP contribution in [-0.2, 0) is 11.3 Å². The number of carbonyl (C=O) groups excluding carboxylic acids is 1. The quantitative estimate of drug-likeness (QED) is 0.846. The molecule has 0 aliphatic rings. The van der Waals surface area contributed by atoms with E-state index in [1.165, 1.54) is 11.9 Å². The van der Waals surface area contributed by atoms with Crippen LogP contribution in [0.15, 0.2) is 18.2 Å². The Morgan fingerprint density at radius 1 is 1.50 bits per heavy atom. The lowest BCUT2D eigenvalue weighted by Gasteiger charge is -2.19. The largest absolute Gasteiger partial charge is 0.340 e. The van der Waals surface area contributed by atoms with Crippen LogP contribution in [-0.4, -0.2) is 23.9 Å². The molecule has 0 spiro atoms. The number of benzene rings is 1. The minimum Gasteiger partial charge on any atom is -0.340 e. The maximum absolute atomic E-state index is 13.3. The summed E-state index contributed by atoms with van der Waals surface area (Å²) in [6.45, 7) is 1.55. The minimum absolute atomic E-state index is 0.00394. The molecular formula is C11H14F2N2O. The molecule has 1 unspecified atom stereocenters. The Bertz CT molecular complexity index is 394. The molecule has 0 radical (unpaired) electrons. The average Bonchev–Trinajstić information content (AvgIpc) is 2.22. The third-order valence-electron chi connectivity index (χ3n) is 2.18. The van der Waals surface area contributed by atoms with Crippen molar-refractivity contribution in [3.63, 3.8) is 0 Å². The zero-order valence-electron chi connectivity index (χ0n) is 9.21. The van der Waals surface area contributed by atoms with E-state index in [-0.39, 0.29) is 18.0 Å². The Morgan fingerprint density at radius 3 is 2.69 bits per heavy atom. The van der Waals surface area contributed by atoms with Gasteiger partial charge in [0.1, 0.15) is 11.6 Å². The average molecular weight is 228 g/mol. The number of hydrogen-bond acceptors (Lipinski definition) is 2. The van der Waals surface area contributed by atoms with Crippen LogP contribution in [0.2, 0.25) is 0 Å². The van der Waals surface area contributed by atoms with E-state index in [1.807, 2.05) is 0 Å². The number of nitrogens with zero attached hydrogens (tertiary/aromatic N) is 1. The Kier molecular flexibility index (Phi) is 3.95. The van der Waals surface area contributed by atoms with E-state index in [0.717, 1.165) is 18.2 Å². The SMILES string of the molecule is CC(N)C(=O)N(C)Cc1cc(F)ccc1F. The molecule has 88 valence electrons. The van der Waals surface area contributed by atoms with Crippen molar-refractivity contribution in [3.05, 3.63) is 35.4 Å². The minimum atomic E-state index is -0.651. The third-order valence-corrected chi connectivity index (χ3v) is 2.18. The molecule has 0 aliphatic heterocycles. The zero-order chi connectivity index (χ0) is 12.3. The molecule has 1 amide bonds. The van der Waals surface area contributed by atoms with Gasteiger partial charge >= 0.3 is 0 Å². The smallest absolute Gasteiger partial charge is 0.239 e. The van der Waals surface area contributed by atoms with Crippen LogP contribution in [0.4, 0.5) is 8.78 Å². The standard InChI is InChI=1S/C11H14F2N2O/c1-7(14)11(16)15(2)6-8-5-9(12)3-4-10(8)13/h3-5,7H,6,14H2,1-2H3. The van der Waals surface area contributed by atoms with Crippen molar-refractivity contribution in [3.8, 4) is 0 Å². The molecule has 2 N–H and O–H groups in total. The number of amides is 1. The number of carbonyl (C=O) groups is 1. The lowest BCUT2D eigenvalue weighted by atomic mass is 10.2. The molecule has 5 heteroatoms. The molecule has 0 bridgehead atoms. The number of halogens is 2. The van der Waals surface area contributed by atoms with Gasteiger partial charge in [0.05, 0.1) is 6.04 Å². The van der Waals surface area contributed by atoms with Gasteiger partial charge in [0.25, 0.3) is 0 Å². The molecular weight excluding hydrogens is 214 g/mol. The summed E-state index contributed by atoms with van der Waals surface area (Å²) in [6, 6.07) is 2.49. The zero-order valence-corrected chi connectivity index (χ0v) is 9.21. The first-order valence-electron chi connectivity index (χ1n) is 4.86. The van der Waals surface area contributed by atoms with Gasteiger partial charge in [0.2, 0.25) is 5.91 Å². The van der Waals surface area contributed by atoms with E-state index in [9.17, 15) is 13.6 Å². The fourth-order valence-corrected chi connectivity index (χ4v) is 1.35. The van der Waals surface area contributed by atoms with Gasteiger partial charge in [-0.15, -0.1) is 0 Å². The van der Waals surface area contributed by atoms with Crippen molar-refractivity contribution in [1.82, 2.24) is 4.90 Å². The highest BCUT2D eigenvalue weighted by molar-refractivity contribution is 5.80. The van der Waals surface area contributed by atoms with Gasteiger partial charge in [-0.1, -0.05) is 0 Å². The Morgan fingerprint density at radius 2 is 2.12 bits per heavy atom. The normalized spacial score (nSPS) is 12.3. The van der Waals surface area contributed by atoms with Gasteiger partial charge in [-0.2, -0.15) is 0 Å². The summed E-state index contributed by atoms with van der Waals surface area (Å²) < 4.78 is 26.1. The van der Waals surface area contributed by atoms with E-state index >= 15 is 0 Å². The van der Waals surface area contributed by atoms with E-state index in [2.05, 4.69) is 0 Å². The molecule has 1 atom stereocenters. The molecule has 0 saturated carbocycles. The summed E-state index contributed by atoms with van der Waals surface area (Å²) in [5.74, 6) is -1.38. The molecule has 0 aromatic heterocycles. The van der Waals surface area contributed by atoms with Gasteiger partial charge in [-0.05, 0) is 25.1 Å². The summed E-state index contributed by atoms with van der Waals surface area (Å²) in [7, 11) is 1.50. The summed E-state index contributed by atoms with van der Waals surface area (Å²) in [5.41, 5.74) is 5.54. The van der Waals surface area contributed by atoms with E-state index in [1.54, 1.807) is 6.92 Å². The molecule has 3 nitrogen and oxygen atoms in total. The molecule has 0 heterocycles. The van der Waals surface area contributed by atoms with E-state index < -0.39 is 17.7 Å². The van der Waals surface area contributed by atoms with Crippen molar-refractivity contribution in [1.29, 1.82) is 0 Å². The molecule has 0 aliphatic carbocycles. The maximum Gasteiger partial charge on any atom is 0.239 e. The summed E-state index contributed by atoms with van der Waals surface area (Å²) in [5, 5.41) is 0. The Hall–Kier alpha value is -1.49. The van der Waals surface area contributed by atoms with Crippen LogP contribution in [0.1, 0.15) is 12.5 Å². The summed E-state index contributed by atoms with van der Waals surface area (Å²) >= 11 is 0. The highest BCUT2D eigenvalue weighted by Gasteiger charge is 2.15. The number of rotatable bonds is 3. The maximum atomic E-state index is 13.3. The van der Waals surface area contributed by atoms with Crippen LogP contribution in [0.25, 0.3) is 0 Å². The van der Waals surface area contributed by atoms with Crippen LogP contribution >= 0.6 is 0 Å². The molecule has 0 fully saturated rings. The predicted molar refractivity (Wildman–Crippen MR) is 56.5 cm³/mol. The highest BCUT2D eigenvalue weighted by atomic mass is 19.1. The first-order chi connectivity index (χ1) is 7.41. The van der Waals surface area contributed by atoms with Crippen molar-refractivity contribution >= 4 is 5.91 Å². The van der Waals surface area contributed by atoms with E-state index in [0.29, 0.717) is 0 Å². The van der Waals surface area contributed by atoms with E-state index in [4.69, 9.17) is 5.73 Å². The molecule has 1 aromatic rings. The van der Waals surface area contributed by atoms with Crippen molar-refractivity contribution < 1.29 is 13.6 Å².